The summed E-state index contributed by atoms with van der Waals surface area (Å²) in [6.45, 7) is 4.52. The van der Waals surface area contributed by atoms with Crippen molar-refractivity contribution >= 4 is 27.3 Å². The Kier molecular flexibility index (Phi) is 6.89. The SMILES string of the molecule is COc1ccc(-c2c(C(=O)Nc3ccccc3F)nn3c(C)cc(C)nc23)cc1S(=O)(=O)N1CCCCC1. The molecular formula is C27H28FN5O4S. The summed E-state index contributed by atoms with van der Waals surface area (Å²) in [4.78, 5) is 18.1. The fourth-order valence-corrected chi connectivity index (χ4v) is 6.47. The van der Waals surface area contributed by atoms with Crippen LogP contribution >= 0.6 is 0 Å². The molecule has 4 aromatic rings. The van der Waals surface area contributed by atoms with Gasteiger partial charge in [-0.05, 0) is 62.6 Å². The fourth-order valence-electron chi connectivity index (χ4n) is 4.77. The Morgan fingerprint density at radius 2 is 1.79 bits per heavy atom. The van der Waals surface area contributed by atoms with Gasteiger partial charge in [0.2, 0.25) is 10.0 Å². The van der Waals surface area contributed by atoms with E-state index in [0.29, 0.717) is 35.6 Å². The number of ether oxygens (including phenoxy) is 1. The zero-order valence-corrected chi connectivity index (χ0v) is 22.2. The molecule has 0 aliphatic carbocycles. The Hall–Kier alpha value is -3.83. The zero-order valence-electron chi connectivity index (χ0n) is 21.4. The second kappa shape index (κ2) is 10.1. The second-order valence-electron chi connectivity index (χ2n) is 9.26. The predicted octanol–water partition coefficient (Wildman–Crippen LogP) is 4.59. The highest BCUT2D eigenvalue weighted by atomic mass is 32.2. The van der Waals surface area contributed by atoms with Crippen molar-refractivity contribution in [2.45, 2.75) is 38.0 Å². The summed E-state index contributed by atoms with van der Waals surface area (Å²) in [6.07, 6.45) is 2.56. The number of fused-ring (bicyclic) bond motifs is 1. The average Bonchev–Trinajstić information content (AvgIpc) is 3.30. The molecule has 1 saturated heterocycles. The summed E-state index contributed by atoms with van der Waals surface area (Å²) < 4.78 is 50.0. The Morgan fingerprint density at radius 1 is 1.05 bits per heavy atom. The number of amides is 1. The topological polar surface area (TPSA) is 106 Å². The number of sulfonamides is 1. The lowest BCUT2D eigenvalue weighted by molar-refractivity contribution is 0.102. The normalized spacial score (nSPS) is 14.5. The molecule has 0 atom stereocenters. The number of nitrogens with zero attached hydrogens (tertiary/aromatic N) is 4. The smallest absolute Gasteiger partial charge is 0.276 e. The van der Waals surface area contributed by atoms with E-state index in [1.807, 2.05) is 19.9 Å². The molecule has 3 heterocycles. The lowest BCUT2D eigenvalue weighted by Gasteiger charge is -2.26. The number of aryl methyl sites for hydroxylation is 2. The molecule has 0 saturated carbocycles. The number of hydrogen-bond acceptors (Lipinski definition) is 6. The van der Waals surface area contributed by atoms with Crippen LogP contribution in [0.5, 0.6) is 5.75 Å². The molecular weight excluding hydrogens is 509 g/mol. The number of rotatable bonds is 6. The number of nitrogens with one attached hydrogen (secondary N) is 1. The Balaban J connectivity index is 1.70. The molecule has 198 valence electrons. The van der Waals surface area contributed by atoms with E-state index in [4.69, 9.17) is 4.74 Å². The van der Waals surface area contributed by atoms with Gasteiger partial charge in [0, 0.05) is 24.5 Å². The largest absolute Gasteiger partial charge is 0.495 e. The monoisotopic (exact) mass is 537 g/mol. The lowest BCUT2D eigenvalue weighted by atomic mass is 10.0. The number of carbonyl (C=O) groups excluding carboxylic acids is 1. The molecule has 1 fully saturated rings. The summed E-state index contributed by atoms with van der Waals surface area (Å²) in [7, 11) is -2.45. The molecule has 1 aliphatic rings. The number of para-hydroxylation sites is 1. The molecule has 38 heavy (non-hydrogen) atoms. The number of aromatic nitrogens is 3. The third-order valence-corrected chi connectivity index (χ3v) is 8.54. The van der Waals surface area contributed by atoms with E-state index in [9.17, 15) is 17.6 Å². The molecule has 5 rings (SSSR count). The maximum atomic E-state index is 14.3. The number of piperidine rings is 1. The van der Waals surface area contributed by atoms with Gasteiger partial charge in [0.1, 0.15) is 16.5 Å². The first kappa shape index (κ1) is 25.8. The van der Waals surface area contributed by atoms with Gasteiger partial charge in [-0.1, -0.05) is 24.6 Å². The van der Waals surface area contributed by atoms with Crippen molar-refractivity contribution in [1.82, 2.24) is 18.9 Å². The van der Waals surface area contributed by atoms with Gasteiger partial charge >= 0.3 is 0 Å². The van der Waals surface area contributed by atoms with Crippen LogP contribution in [-0.2, 0) is 10.0 Å². The molecule has 2 aromatic heterocycles. The third-order valence-electron chi connectivity index (χ3n) is 6.62. The molecule has 1 N–H and O–H groups in total. The third kappa shape index (κ3) is 4.63. The maximum absolute atomic E-state index is 14.3. The molecule has 0 unspecified atom stereocenters. The van der Waals surface area contributed by atoms with Crippen molar-refractivity contribution in [3.05, 3.63) is 71.4 Å². The van der Waals surface area contributed by atoms with Gasteiger partial charge in [-0.2, -0.15) is 9.40 Å². The average molecular weight is 538 g/mol. The molecule has 0 spiro atoms. The minimum atomic E-state index is -3.86. The minimum absolute atomic E-state index is 0.00332. The van der Waals surface area contributed by atoms with E-state index < -0.39 is 21.7 Å². The van der Waals surface area contributed by atoms with Crippen molar-refractivity contribution in [3.63, 3.8) is 0 Å². The van der Waals surface area contributed by atoms with Crippen LogP contribution in [0.3, 0.4) is 0 Å². The van der Waals surface area contributed by atoms with Crippen molar-refractivity contribution in [2.75, 3.05) is 25.5 Å². The van der Waals surface area contributed by atoms with Crippen LogP contribution in [0, 0.1) is 19.7 Å². The standard InChI is InChI=1S/C27H28FN5O4S/c1-17-15-18(2)33-26(29-17)24(25(31-33)27(34)30-21-10-6-5-9-20(21)28)19-11-12-22(37-3)23(16-19)38(35,36)32-13-7-4-8-14-32/h5-6,9-12,15-16H,4,7-8,13-14H2,1-3H3,(H,30,34). The quantitative estimate of drug-likeness (QED) is 0.386. The summed E-state index contributed by atoms with van der Waals surface area (Å²) in [5.74, 6) is -1.03. The van der Waals surface area contributed by atoms with E-state index in [2.05, 4.69) is 15.4 Å². The molecule has 9 nitrogen and oxygen atoms in total. The number of methoxy groups -OCH3 is 1. The summed E-state index contributed by atoms with van der Waals surface area (Å²) in [5, 5.41) is 7.09. The first-order chi connectivity index (χ1) is 18.2. The van der Waals surface area contributed by atoms with Gasteiger partial charge in [-0.15, -0.1) is 0 Å². The number of carbonyl (C=O) groups is 1. The van der Waals surface area contributed by atoms with Gasteiger partial charge < -0.3 is 10.1 Å². The van der Waals surface area contributed by atoms with Crippen LogP contribution in [0.25, 0.3) is 16.8 Å². The van der Waals surface area contributed by atoms with Crippen LogP contribution in [-0.4, -0.2) is 53.4 Å². The van der Waals surface area contributed by atoms with E-state index >= 15 is 0 Å². The summed E-state index contributed by atoms with van der Waals surface area (Å²) in [6, 6.07) is 12.4. The molecule has 1 amide bonds. The van der Waals surface area contributed by atoms with Gasteiger partial charge in [-0.25, -0.2) is 22.3 Å². The van der Waals surface area contributed by atoms with Crippen molar-refractivity contribution in [2.24, 2.45) is 0 Å². The Morgan fingerprint density at radius 3 is 2.50 bits per heavy atom. The minimum Gasteiger partial charge on any atom is -0.495 e. The fraction of sp³-hybridized carbons (Fsp3) is 0.296. The second-order valence-corrected chi connectivity index (χ2v) is 11.2. The molecule has 0 radical (unpaired) electrons. The number of anilines is 1. The van der Waals surface area contributed by atoms with Gasteiger partial charge in [0.05, 0.1) is 18.4 Å². The Labute approximate surface area is 220 Å². The van der Waals surface area contributed by atoms with Crippen LogP contribution in [0.4, 0.5) is 10.1 Å². The number of halogens is 1. The maximum Gasteiger partial charge on any atom is 0.276 e. The highest BCUT2D eigenvalue weighted by Gasteiger charge is 2.31. The first-order valence-corrected chi connectivity index (χ1v) is 13.8. The summed E-state index contributed by atoms with van der Waals surface area (Å²) >= 11 is 0. The van der Waals surface area contributed by atoms with Crippen molar-refractivity contribution < 1.29 is 22.3 Å². The molecule has 1 aliphatic heterocycles. The lowest BCUT2D eigenvalue weighted by Crippen LogP contribution is -2.35. The van der Waals surface area contributed by atoms with Gasteiger partial charge in [0.25, 0.3) is 5.91 Å². The van der Waals surface area contributed by atoms with Gasteiger partial charge in [0.15, 0.2) is 11.3 Å². The predicted molar refractivity (Wildman–Crippen MR) is 141 cm³/mol. The molecule has 2 aromatic carbocycles. The van der Waals surface area contributed by atoms with Crippen molar-refractivity contribution in [3.8, 4) is 16.9 Å². The zero-order chi connectivity index (χ0) is 27.0. The highest BCUT2D eigenvalue weighted by molar-refractivity contribution is 7.89. The van der Waals surface area contributed by atoms with E-state index in [0.717, 1.165) is 25.0 Å². The van der Waals surface area contributed by atoms with Crippen molar-refractivity contribution in [1.29, 1.82) is 0 Å². The van der Waals surface area contributed by atoms with Crippen LogP contribution in [0.1, 0.15) is 41.1 Å². The van der Waals surface area contributed by atoms with E-state index in [1.54, 1.807) is 18.2 Å². The van der Waals surface area contributed by atoms with Crippen LogP contribution in [0.15, 0.2) is 53.4 Å². The Bertz CT molecular complexity index is 1640. The molecule has 0 bridgehead atoms. The summed E-state index contributed by atoms with van der Waals surface area (Å²) in [5.41, 5.74) is 2.56. The van der Waals surface area contributed by atoms with Gasteiger partial charge in [-0.3, -0.25) is 4.79 Å². The van der Waals surface area contributed by atoms with Crippen LogP contribution in [0.2, 0.25) is 0 Å². The first-order valence-electron chi connectivity index (χ1n) is 12.3. The highest BCUT2D eigenvalue weighted by Crippen LogP contribution is 2.36. The number of benzene rings is 2. The van der Waals surface area contributed by atoms with Crippen LogP contribution < -0.4 is 10.1 Å². The molecule has 11 heteroatoms. The van der Waals surface area contributed by atoms with E-state index in [-0.39, 0.29) is 22.0 Å². The number of hydrogen-bond donors (Lipinski definition) is 1. The van der Waals surface area contributed by atoms with E-state index in [1.165, 1.54) is 40.2 Å².